The first-order valence-electron chi connectivity index (χ1n) is 6.60. The fourth-order valence-corrected chi connectivity index (χ4v) is 2.07. The van der Waals surface area contributed by atoms with E-state index >= 15 is 0 Å². The van der Waals surface area contributed by atoms with E-state index in [1.54, 1.807) is 23.9 Å². The monoisotopic (exact) mass is 288 g/mol. The van der Waals surface area contributed by atoms with Gasteiger partial charge in [-0.25, -0.2) is 15.0 Å². The van der Waals surface area contributed by atoms with Crippen LogP contribution in [-0.2, 0) is 13.5 Å². The molecule has 3 N–H and O–H groups in total. The Labute approximate surface area is 120 Å². The molecule has 0 radical (unpaired) electrons. The number of aliphatic hydroxyl groups excluding tert-OH is 1. The first-order valence-corrected chi connectivity index (χ1v) is 6.60. The molecule has 3 heterocycles. The molecule has 0 spiro atoms. The molecule has 3 rings (SSSR count). The zero-order chi connectivity index (χ0) is 15.0. The molecule has 0 amide bonds. The zero-order valence-electron chi connectivity index (χ0n) is 11.8. The van der Waals surface area contributed by atoms with Crippen molar-refractivity contribution < 1.29 is 5.11 Å². The average Bonchev–Trinajstić information content (AvgIpc) is 3.05. The highest BCUT2D eigenvalue weighted by atomic mass is 16.3. The van der Waals surface area contributed by atoms with Crippen LogP contribution >= 0.6 is 0 Å². The van der Waals surface area contributed by atoms with Crippen molar-refractivity contribution in [2.75, 3.05) is 5.73 Å². The third kappa shape index (κ3) is 2.42. The van der Waals surface area contributed by atoms with E-state index in [9.17, 15) is 5.11 Å². The van der Waals surface area contributed by atoms with Gasteiger partial charge in [0.1, 0.15) is 5.82 Å². The molecule has 0 saturated heterocycles. The summed E-state index contributed by atoms with van der Waals surface area (Å²) in [6.07, 6.45) is 3.88. The summed E-state index contributed by atoms with van der Waals surface area (Å²) < 4.78 is 1.76. The second-order valence-corrected chi connectivity index (χ2v) is 4.87. The maximum atomic E-state index is 9.36. The smallest absolute Gasteiger partial charge is 0.251 e. The van der Waals surface area contributed by atoms with Gasteiger partial charge in [0, 0.05) is 13.5 Å². The van der Waals surface area contributed by atoms with Crippen LogP contribution in [0.5, 0.6) is 0 Å². The van der Waals surface area contributed by atoms with Crippen molar-refractivity contribution in [2.24, 2.45) is 7.05 Å². The van der Waals surface area contributed by atoms with Crippen LogP contribution in [0.15, 0.2) is 12.4 Å². The number of aryl methyl sites for hydroxylation is 2. The molecule has 0 saturated carbocycles. The van der Waals surface area contributed by atoms with Crippen LogP contribution in [-0.4, -0.2) is 45.7 Å². The Kier molecular flexibility index (Phi) is 3.26. The Bertz CT molecular complexity index is 761. The van der Waals surface area contributed by atoms with Crippen LogP contribution in [0.25, 0.3) is 17.1 Å². The number of nitrogen functional groups attached to an aromatic ring is 1. The van der Waals surface area contributed by atoms with Crippen molar-refractivity contribution in [3.8, 4) is 5.95 Å². The van der Waals surface area contributed by atoms with Gasteiger partial charge >= 0.3 is 0 Å². The summed E-state index contributed by atoms with van der Waals surface area (Å²) in [4.78, 5) is 14.5. The lowest BCUT2D eigenvalue weighted by Gasteiger charge is -2.05. The van der Waals surface area contributed by atoms with E-state index in [1.807, 2.05) is 7.05 Å². The van der Waals surface area contributed by atoms with E-state index in [1.165, 1.54) is 4.80 Å². The number of aliphatic hydroxyl groups is 1. The maximum Gasteiger partial charge on any atom is 0.251 e. The van der Waals surface area contributed by atoms with Gasteiger partial charge in [0.05, 0.1) is 18.5 Å². The minimum absolute atomic E-state index is 0.314. The first-order chi connectivity index (χ1) is 10.1. The number of nitrogens with zero attached hydrogens (tertiary/aromatic N) is 7. The van der Waals surface area contributed by atoms with E-state index in [0.29, 0.717) is 41.6 Å². The lowest BCUT2D eigenvalue weighted by Crippen LogP contribution is -2.08. The Balaban J connectivity index is 2.08. The highest BCUT2D eigenvalue weighted by Crippen LogP contribution is 2.20. The first kappa shape index (κ1) is 13.4. The van der Waals surface area contributed by atoms with Crippen molar-refractivity contribution >= 4 is 17.0 Å². The Morgan fingerprint density at radius 3 is 2.62 bits per heavy atom. The fraction of sp³-hybridized carbons (Fsp3) is 0.417. The van der Waals surface area contributed by atoms with E-state index in [2.05, 4.69) is 25.1 Å². The molecule has 3 aromatic rings. The molecule has 1 atom stereocenters. The highest BCUT2D eigenvalue weighted by molar-refractivity contribution is 5.83. The second-order valence-electron chi connectivity index (χ2n) is 4.87. The third-order valence-corrected chi connectivity index (χ3v) is 3.15. The largest absolute Gasteiger partial charge is 0.393 e. The van der Waals surface area contributed by atoms with E-state index in [0.717, 1.165) is 0 Å². The Morgan fingerprint density at radius 1 is 1.24 bits per heavy atom. The normalized spacial score (nSPS) is 12.9. The van der Waals surface area contributed by atoms with Crippen molar-refractivity contribution in [3.63, 3.8) is 0 Å². The zero-order valence-corrected chi connectivity index (χ0v) is 11.8. The SMILES string of the molecule is C[C@H](O)CCc1nc(N)c2nc(-n3nccn3)n(C)c2n1. The van der Waals surface area contributed by atoms with Crippen molar-refractivity contribution in [2.45, 2.75) is 25.9 Å². The molecular formula is C12H16N8O. The molecule has 0 aromatic carbocycles. The van der Waals surface area contributed by atoms with E-state index in [4.69, 9.17) is 5.73 Å². The van der Waals surface area contributed by atoms with Gasteiger partial charge in [-0.15, -0.1) is 4.80 Å². The van der Waals surface area contributed by atoms with Gasteiger partial charge < -0.3 is 10.8 Å². The van der Waals surface area contributed by atoms with Crippen molar-refractivity contribution in [3.05, 3.63) is 18.2 Å². The van der Waals surface area contributed by atoms with Crippen LogP contribution in [0.1, 0.15) is 19.2 Å². The molecule has 0 aliphatic heterocycles. The van der Waals surface area contributed by atoms with Gasteiger partial charge in [-0.3, -0.25) is 4.57 Å². The van der Waals surface area contributed by atoms with Crippen LogP contribution in [0.2, 0.25) is 0 Å². The molecule has 0 fully saturated rings. The molecular weight excluding hydrogens is 272 g/mol. The minimum Gasteiger partial charge on any atom is -0.393 e. The molecule has 0 aliphatic carbocycles. The van der Waals surface area contributed by atoms with Crippen LogP contribution in [0, 0.1) is 0 Å². The van der Waals surface area contributed by atoms with Gasteiger partial charge in [0.2, 0.25) is 0 Å². The number of anilines is 1. The molecule has 0 bridgehead atoms. The van der Waals surface area contributed by atoms with Gasteiger partial charge in [-0.1, -0.05) is 0 Å². The lowest BCUT2D eigenvalue weighted by atomic mass is 10.2. The minimum atomic E-state index is -0.402. The van der Waals surface area contributed by atoms with E-state index in [-0.39, 0.29) is 0 Å². The van der Waals surface area contributed by atoms with Crippen molar-refractivity contribution in [1.82, 2.24) is 34.5 Å². The predicted octanol–water partition coefficient (Wildman–Crippen LogP) is -0.160. The van der Waals surface area contributed by atoms with E-state index < -0.39 is 6.10 Å². The molecule has 3 aromatic heterocycles. The van der Waals surface area contributed by atoms with Gasteiger partial charge in [-0.05, 0) is 13.3 Å². The molecule has 9 heteroatoms. The quantitative estimate of drug-likeness (QED) is 0.684. The summed E-state index contributed by atoms with van der Waals surface area (Å²) >= 11 is 0. The summed E-state index contributed by atoms with van der Waals surface area (Å²) in [5.74, 6) is 1.42. The number of hydrogen-bond acceptors (Lipinski definition) is 7. The van der Waals surface area contributed by atoms with Crippen molar-refractivity contribution in [1.29, 1.82) is 0 Å². The van der Waals surface area contributed by atoms with Crippen LogP contribution in [0.3, 0.4) is 0 Å². The predicted molar refractivity (Wildman–Crippen MR) is 75.6 cm³/mol. The standard InChI is InChI=1S/C12H16N8O/c1-7(21)3-4-8-16-10(13)9-11(17-8)19(2)12(18-9)20-14-5-6-15-20/h5-7,21H,3-4H2,1-2H3,(H2,13,16,17)/t7-/m0/s1. The number of aromatic nitrogens is 7. The average molecular weight is 288 g/mol. The Morgan fingerprint density at radius 2 is 1.95 bits per heavy atom. The number of fused-ring (bicyclic) bond motifs is 1. The molecule has 0 aliphatic rings. The maximum absolute atomic E-state index is 9.36. The number of imidazole rings is 1. The summed E-state index contributed by atoms with van der Waals surface area (Å²) in [6.45, 7) is 1.73. The second kappa shape index (κ2) is 5.09. The highest BCUT2D eigenvalue weighted by Gasteiger charge is 2.16. The number of hydrogen-bond donors (Lipinski definition) is 2. The molecule has 21 heavy (non-hydrogen) atoms. The summed E-state index contributed by atoms with van der Waals surface area (Å²) in [7, 11) is 1.82. The summed E-state index contributed by atoms with van der Waals surface area (Å²) in [5.41, 5.74) is 7.10. The van der Waals surface area contributed by atoms with Gasteiger partial charge in [0.25, 0.3) is 5.95 Å². The molecule has 0 unspecified atom stereocenters. The molecule has 110 valence electrons. The Hall–Kier alpha value is -2.55. The molecule has 9 nitrogen and oxygen atoms in total. The number of rotatable bonds is 4. The fourth-order valence-electron chi connectivity index (χ4n) is 2.07. The lowest BCUT2D eigenvalue weighted by molar-refractivity contribution is 0.184. The third-order valence-electron chi connectivity index (χ3n) is 3.15. The van der Waals surface area contributed by atoms with Crippen LogP contribution < -0.4 is 5.73 Å². The van der Waals surface area contributed by atoms with Gasteiger partial charge in [-0.2, -0.15) is 10.2 Å². The topological polar surface area (TPSA) is 121 Å². The van der Waals surface area contributed by atoms with Gasteiger partial charge in [0.15, 0.2) is 17.0 Å². The summed E-state index contributed by atoms with van der Waals surface area (Å²) in [6, 6.07) is 0. The summed E-state index contributed by atoms with van der Waals surface area (Å²) in [5, 5.41) is 17.5. The number of nitrogens with two attached hydrogens (primary N) is 1. The van der Waals surface area contributed by atoms with Crippen LogP contribution in [0.4, 0.5) is 5.82 Å².